The van der Waals surface area contributed by atoms with Crippen molar-refractivity contribution in [2.75, 3.05) is 0 Å². The van der Waals surface area contributed by atoms with Gasteiger partial charge in [0.2, 0.25) is 0 Å². The van der Waals surface area contributed by atoms with Crippen molar-refractivity contribution in [3.63, 3.8) is 0 Å². The number of halogens is 2. The topological polar surface area (TPSA) is 20.2 Å². The Bertz CT molecular complexity index is 170. The largest absolute Gasteiger partial charge is 2.00 e. The minimum Gasteiger partial charge on any atom is -0.508 e. The molecule has 0 spiro atoms. The molecule has 0 aromatic heterocycles. The van der Waals surface area contributed by atoms with Crippen molar-refractivity contribution in [3.05, 3.63) is 43.2 Å². The van der Waals surface area contributed by atoms with Gasteiger partial charge in [-0.1, -0.05) is 18.2 Å². The molecule has 0 saturated heterocycles. The second kappa shape index (κ2) is 29.5. The van der Waals surface area contributed by atoms with Crippen molar-refractivity contribution in [2.24, 2.45) is 0 Å². The molecule has 0 fully saturated rings. The van der Waals surface area contributed by atoms with Gasteiger partial charge in [0.05, 0.1) is 0 Å². The summed E-state index contributed by atoms with van der Waals surface area (Å²) >= 11 is 0. The molecule has 1 aromatic carbocycles. The first-order chi connectivity index (χ1) is 6.22. The molecule has 0 saturated carbocycles. The number of phenols is 1. The number of benzene rings is 1. The second-order valence-electron chi connectivity index (χ2n) is 2.49. The van der Waals surface area contributed by atoms with Gasteiger partial charge in [0.1, 0.15) is 5.75 Å². The summed E-state index contributed by atoms with van der Waals surface area (Å²) in [4.78, 5) is 0. The summed E-state index contributed by atoms with van der Waals surface area (Å²) in [6.07, 6.45) is 4.00. The maximum Gasteiger partial charge on any atom is 2.00 e. The first-order valence-electron chi connectivity index (χ1n) is 4.44. The fourth-order valence-electron chi connectivity index (χ4n) is 0.428. The van der Waals surface area contributed by atoms with Gasteiger partial charge in [-0.05, 0) is 12.1 Å². The van der Waals surface area contributed by atoms with Crippen LogP contribution >= 0.6 is 24.8 Å². The molecule has 0 heterocycles. The summed E-state index contributed by atoms with van der Waals surface area (Å²) in [6.45, 7) is 8.00. The van der Waals surface area contributed by atoms with Crippen molar-refractivity contribution in [2.45, 2.75) is 27.7 Å². The van der Waals surface area contributed by atoms with E-state index in [-0.39, 0.29) is 46.5 Å². The molecule has 0 aliphatic rings. The van der Waals surface area contributed by atoms with E-state index in [9.17, 15) is 0 Å². The molecule has 1 rings (SSSR count). The molecule has 0 unspecified atom stereocenters. The summed E-state index contributed by atoms with van der Waals surface area (Å²) in [5.74, 6) is 0.322. The normalized spacial score (nSPS) is 6.00. The molecule has 1 N–H and O–H groups in total. The number of hydrogen-bond acceptors (Lipinski definition) is 1. The van der Waals surface area contributed by atoms with Gasteiger partial charge in [-0.2, -0.15) is 27.7 Å². The fourth-order valence-corrected chi connectivity index (χ4v) is 0.428. The van der Waals surface area contributed by atoms with Crippen LogP contribution in [-0.4, -0.2) is 5.11 Å². The van der Waals surface area contributed by atoms with Crippen LogP contribution in [0.5, 0.6) is 5.75 Å². The average molecular weight is 301 g/mol. The second-order valence-corrected chi connectivity index (χ2v) is 2.49. The maximum absolute atomic E-state index is 8.63. The molecule has 0 aliphatic carbocycles. The molecular formula is C12H22Cl2OTi. The van der Waals surface area contributed by atoms with Gasteiger partial charge in [-0.15, -0.1) is 24.8 Å². The SMILES string of the molecule is C[CH-]C.C[CH-]C.Cl.Cl.Oc1ccccc1.[Ti+2]. The van der Waals surface area contributed by atoms with E-state index < -0.39 is 0 Å². The predicted octanol–water partition coefficient (Wildman–Crippen LogP) is 4.69. The van der Waals surface area contributed by atoms with E-state index in [1.165, 1.54) is 0 Å². The van der Waals surface area contributed by atoms with Crippen molar-refractivity contribution >= 4 is 24.8 Å². The van der Waals surface area contributed by atoms with E-state index in [2.05, 4.69) is 0 Å². The van der Waals surface area contributed by atoms with Gasteiger partial charge in [0, 0.05) is 0 Å². The van der Waals surface area contributed by atoms with Crippen LogP contribution in [0, 0.1) is 12.8 Å². The van der Waals surface area contributed by atoms with Gasteiger partial charge in [-0.25, -0.2) is 0 Å². The average Bonchev–Trinajstić information content (AvgIpc) is 2.08. The Kier molecular flexibility index (Phi) is 55.1. The van der Waals surface area contributed by atoms with E-state index in [0.717, 1.165) is 0 Å². The first-order valence-corrected chi connectivity index (χ1v) is 4.44. The Labute approximate surface area is 128 Å². The third kappa shape index (κ3) is 36.7. The molecule has 0 bridgehead atoms. The molecule has 0 aliphatic heterocycles. The van der Waals surface area contributed by atoms with Crippen LogP contribution in [0.1, 0.15) is 27.7 Å². The molecule has 1 nitrogen and oxygen atoms in total. The van der Waals surface area contributed by atoms with Gasteiger partial charge in [-0.3, -0.25) is 0 Å². The van der Waals surface area contributed by atoms with Crippen molar-refractivity contribution in [1.29, 1.82) is 0 Å². The fraction of sp³-hybridized carbons (Fsp3) is 0.333. The Morgan fingerprint density at radius 3 is 1.19 bits per heavy atom. The Morgan fingerprint density at radius 2 is 1.06 bits per heavy atom. The maximum atomic E-state index is 8.63. The van der Waals surface area contributed by atoms with E-state index in [1.54, 1.807) is 24.3 Å². The van der Waals surface area contributed by atoms with E-state index in [0.29, 0.717) is 5.75 Å². The van der Waals surface area contributed by atoms with Gasteiger partial charge in [0.15, 0.2) is 0 Å². The van der Waals surface area contributed by atoms with Gasteiger partial charge in [0.25, 0.3) is 0 Å². The molecule has 1 aromatic rings. The summed E-state index contributed by atoms with van der Waals surface area (Å²) in [7, 11) is 0. The number of phenolic OH excluding ortho intramolecular Hbond substituents is 1. The number of para-hydroxylation sites is 1. The minimum atomic E-state index is 0. The quantitative estimate of drug-likeness (QED) is 0.544. The van der Waals surface area contributed by atoms with E-state index >= 15 is 0 Å². The third-order valence-corrected chi connectivity index (χ3v) is 0.756. The van der Waals surface area contributed by atoms with Gasteiger partial charge >= 0.3 is 21.7 Å². The minimum absolute atomic E-state index is 0. The van der Waals surface area contributed by atoms with Crippen LogP contribution in [0.2, 0.25) is 0 Å². The summed E-state index contributed by atoms with van der Waals surface area (Å²) < 4.78 is 0. The molecule has 4 heteroatoms. The van der Waals surface area contributed by atoms with Crippen LogP contribution < -0.4 is 0 Å². The summed E-state index contributed by atoms with van der Waals surface area (Å²) in [6, 6.07) is 8.71. The van der Waals surface area contributed by atoms with Crippen LogP contribution in [0.4, 0.5) is 0 Å². The van der Waals surface area contributed by atoms with Crippen LogP contribution in [0.15, 0.2) is 30.3 Å². The zero-order valence-electron chi connectivity index (χ0n) is 10.3. The molecule has 16 heavy (non-hydrogen) atoms. The van der Waals surface area contributed by atoms with Gasteiger partial charge < -0.3 is 17.9 Å². The van der Waals surface area contributed by atoms with E-state index in [1.807, 2.05) is 46.6 Å². The first kappa shape index (κ1) is 29.9. The molecule has 94 valence electrons. The zero-order valence-corrected chi connectivity index (χ0v) is 13.5. The Morgan fingerprint density at radius 1 is 0.812 bits per heavy atom. The van der Waals surface area contributed by atoms with Crippen LogP contribution in [0.3, 0.4) is 0 Å². The van der Waals surface area contributed by atoms with Crippen molar-refractivity contribution in [3.8, 4) is 5.75 Å². The van der Waals surface area contributed by atoms with E-state index in [4.69, 9.17) is 5.11 Å². The summed E-state index contributed by atoms with van der Waals surface area (Å²) in [5, 5.41) is 8.63. The number of aromatic hydroxyl groups is 1. The predicted molar refractivity (Wildman–Crippen MR) is 73.9 cm³/mol. The zero-order chi connectivity index (χ0) is 10.5. The van der Waals surface area contributed by atoms with Crippen molar-refractivity contribution in [1.82, 2.24) is 0 Å². The molecule has 0 atom stereocenters. The summed E-state index contributed by atoms with van der Waals surface area (Å²) in [5.41, 5.74) is 0. The standard InChI is InChI=1S/C6H6O.2C3H7.2ClH.Ti/c7-6-4-2-1-3-5-6;2*1-3-2;;;/h1-5,7H;2*3H,1-2H3;2*1H;/q;2*-1;;;+2. The number of hydrogen-bond donors (Lipinski definition) is 1. The Balaban J connectivity index is -0.0000000398. The smallest absolute Gasteiger partial charge is 0.508 e. The monoisotopic (exact) mass is 300 g/mol. The van der Waals surface area contributed by atoms with Crippen LogP contribution in [-0.2, 0) is 21.7 Å². The molecule has 0 amide bonds. The van der Waals surface area contributed by atoms with Crippen molar-refractivity contribution < 1.29 is 26.8 Å². The molecular weight excluding hydrogens is 279 g/mol. The number of rotatable bonds is 0. The molecule has 0 radical (unpaired) electrons. The third-order valence-electron chi connectivity index (χ3n) is 0.756. The Hall–Kier alpha value is 0.314. The van der Waals surface area contributed by atoms with Crippen LogP contribution in [0.25, 0.3) is 0 Å².